The number of Topliss-reactive ketones (excluding diaryl/α,β-unsaturated/α-hetero) is 1. The van der Waals surface area contributed by atoms with Gasteiger partial charge in [0.15, 0.2) is 11.9 Å². The summed E-state index contributed by atoms with van der Waals surface area (Å²) in [4.78, 5) is 56.4. The van der Waals surface area contributed by atoms with Crippen LogP contribution in [0.15, 0.2) is 71.8 Å². The molecule has 6 rings (SSSR count). The smallest absolute Gasteiger partial charge is 0.338 e. The van der Waals surface area contributed by atoms with Gasteiger partial charge in [-0.05, 0) is 42.7 Å². The van der Waals surface area contributed by atoms with E-state index in [9.17, 15) is 44.7 Å². The van der Waals surface area contributed by atoms with Gasteiger partial charge in [-0.1, -0.05) is 62.4 Å². The number of nitrogens with one attached hydrogen (secondary N) is 1. The molecule has 55 heavy (non-hydrogen) atoms. The minimum Gasteiger partial charge on any atom is -0.456 e. The first-order valence-corrected chi connectivity index (χ1v) is 17.7. The molecular weight excluding hydrogens is 1140 g/mol. The van der Waals surface area contributed by atoms with E-state index < -0.39 is 101 Å². The van der Waals surface area contributed by atoms with E-state index in [1.165, 1.54) is 45.0 Å². The summed E-state index contributed by atoms with van der Waals surface area (Å²) in [5.74, 6) is -4.48. The van der Waals surface area contributed by atoms with E-state index in [0.717, 1.165) is 0 Å². The molecular formula is C39H48Ac2N2O12. The summed E-state index contributed by atoms with van der Waals surface area (Å²) in [6.45, 7) is 5.71. The standard InChI is InChI=1S/C39H48N2O12.2Ac/c1-20-23(52-34(47)29(44)27(40-35(48)41(5)6)21-13-9-7-10-14-21)18-39(50)32(53-33(46)22-15-11-8-12-16-22)30-37(4,24(42)17-25-38(30,49)19-51-25)31(45)28(43)26(20)36(39,2)3;;/h7-16,23-25,27-30,32,42-44,49-50H,17-19H2,1-6H3,(H,40,48);;/t23?,24?,25?,27?,28?,29?,30?,32?,37-,38?,39?;;/m1../s1. The van der Waals surface area contributed by atoms with Gasteiger partial charge in [-0.15, -0.1) is 0 Å². The first kappa shape index (κ1) is 46.4. The van der Waals surface area contributed by atoms with Crippen molar-refractivity contribution in [2.24, 2.45) is 16.7 Å². The molecule has 2 aromatic rings. The van der Waals surface area contributed by atoms with Crippen LogP contribution in [-0.2, 0) is 23.8 Å². The summed E-state index contributed by atoms with van der Waals surface area (Å²) < 4.78 is 17.8. The van der Waals surface area contributed by atoms with Crippen LogP contribution in [-0.4, -0.2) is 123 Å². The van der Waals surface area contributed by atoms with Crippen LogP contribution in [0.25, 0.3) is 0 Å². The monoisotopic (exact) mass is 1190 g/mol. The van der Waals surface area contributed by atoms with Gasteiger partial charge in [0.25, 0.3) is 0 Å². The molecule has 3 fully saturated rings. The molecule has 4 aliphatic rings. The van der Waals surface area contributed by atoms with Crippen LogP contribution in [0.3, 0.4) is 0 Å². The number of amides is 2. The summed E-state index contributed by atoms with van der Waals surface area (Å²) in [7, 11) is 2.98. The van der Waals surface area contributed by atoms with Gasteiger partial charge in [-0.25, -0.2) is 14.4 Å². The fourth-order valence-electron chi connectivity index (χ4n) is 8.99. The maximum absolute atomic E-state index is 14.7. The van der Waals surface area contributed by atoms with Gasteiger partial charge in [0.1, 0.15) is 29.5 Å². The second kappa shape index (κ2) is 17.1. The number of aliphatic hydroxyl groups excluding tert-OH is 3. The van der Waals surface area contributed by atoms with Crippen molar-refractivity contribution < 1.29 is 147 Å². The average molecular weight is 1190 g/mol. The van der Waals surface area contributed by atoms with Gasteiger partial charge in [0.2, 0.25) is 0 Å². The third-order valence-electron chi connectivity index (χ3n) is 12.3. The number of carbonyl (C=O) groups is 4. The van der Waals surface area contributed by atoms with E-state index in [1.807, 2.05) is 0 Å². The molecule has 0 aromatic heterocycles. The number of nitrogens with zero attached hydrogens (tertiary/aromatic N) is 1. The molecule has 11 atom stereocenters. The zero-order valence-corrected chi connectivity index (χ0v) is 41.2. The summed E-state index contributed by atoms with van der Waals surface area (Å²) in [6, 6.07) is 14.3. The molecule has 1 saturated heterocycles. The Hall–Kier alpha value is -1.30. The molecule has 2 aromatic carbocycles. The second-order valence-electron chi connectivity index (χ2n) is 15.7. The zero-order chi connectivity index (χ0) is 38.8. The molecule has 2 radical (unpaired) electrons. The van der Waals surface area contributed by atoms with Gasteiger partial charge in [0, 0.05) is 126 Å². The van der Waals surface area contributed by atoms with Gasteiger partial charge >= 0.3 is 18.0 Å². The first-order chi connectivity index (χ1) is 24.8. The number of benzene rings is 2. The van der Waals surface area contributed by atoms with Crippen molar-refractivity contribution >= 4 is 23.8 Å². The summed E-state index contributed by atoms with van der Waals surface area (Å²) in [5, 5.41) is 63.1. The topological polar surface area (TPSA) is 212 Å². The predicted octanol–water partition coefficient (Wildman–Crippen LogP) is 1.44. The van der Waals surface area contributed by atoms with Gasteiger partial charge < -0.3 is 50.0 Å². The van der Waals surface area contributed by atoms with Crippen molar-refractivity contribution in [1.29, 1.82) is 0 Å². The number of ether oxygens (including phenoxy) is 3. The molecule has 1 aliphatic heterocycles. The summed E-state index contributed by atoms with van der Waals surface area (Å²) in [5.41, 5.74) is -7.06. The van der Waals surface area contributed by atoms with E-state index in [2.05, 4.69) is 5.32 Å². The molecule has 14 nitrogen and oxygen atoms in total. The normalized spacial score (nSPS) is 34.3. The number of fused-ring (bicyclic) bond motifs is 5. The van der Waals surface area contributed by atoms with Crippen LogP contribution in [0.4, 0.5) is 4.79 Å². The number of ketones is 1. The molecule has 0 spiro atoms. The Morgan fingerprint density at radius 1 is 0.945 bits per heavy atom. The fourth-order valence-corrected chi connectivity index (χ4v) is 8.99. The molecule has 2 saturated carbocycles. The molecule has 292 valence electrons. The van der Waals surface area contributed by atoms with Crippen LogP contribution >= 0.6 is 0 Å². The largest absolute Gasteiger partial charge is 0.456 e. The molecule has 1 heterocycles. The quantitative estimate of drug-likeness (QED) is 0.172. The van der Waals surface area contributed by atoms with E-state index >= 15 is 0 Å². The van der Waals surface area contributed by atoms with E-state index in [0.29, 0.717) is 5.56 Å². The Labute approximate surface area is 391 Å². The minimum atomic E-state index is -2.29. The first-order valence-electron chi connectivity index (χ1n) is 17.7. The maximum atomic E-state index is 14.7. The minimum absolute atomic E-state index is 0. The Morgan fingerprint density at radius 2 is 1.53 bits per heavy atom. The maximum Gasteiger partial charge on any atom is 0.338 e. The number of hydrogen-bond donors (Lipinski definition) is 6. The SMILES string of the molecule is CC1=C2C(O)C(=O)[C@]3(C)C(O)CC4OCC4(O)C3C(OC(=O)c3ccccc3)C(O)(CC1OC(=O)C(O)C(NC(=O)N(C)C)c1ccccc1)C2(C)C.[Ac].[Ac]. The predicted molar refractivity (Wildman–Crippen MR) is 187 cm³/mol. The van der Waals surface area contributed by atoms with Crippen molar-refractivity contribution in [3.63, 3.8) is 0 Å². The number of urea groups is 1. The van der Waals surface area contributed by atoms with Crippen molar-refractivity contribution in [2.45, 2.75) is 94.4 Å². The molecule has 16 heteroatoms. The summed E-state index contributed by atoms with van der Waals surface area (Å²) in [6.07, 6.45) is -10.2. The van der Waals surface area contributed by atoms with Crippen LogP contribution in [0.5, 0.6) is 0 Å². The Bertz CT molecular complexity index is 1810. The fraction of sp³-hybridized carbons (Fsp3) is 0.538. The van der Waals surface area contributed by atoms with Gasteiger partial charge in [-0.2, -0.15) is 0 Å². The van der Waals surface area contributed by atoms with Crippen molar-refractivity contribution in [2.75, 3.05) is 20.7 Å². The third kappa shape index (κ3) is 7.69. The number of aliphatic hydroxyl groups is 5. The third-order valence-corrected chi connectivity index (χ3v) is 12.3. The molecule has 2 bridgehead atoms. The molecule has 10 unspecified atom stereocenters. The van der Waals surface area contributed by atoms with Crippen molar-refractivity contribution in [1.82, 2.24) is 10.2 Å². The van der Waals surface area contributed by atoms with Crippen LogP contribution in [0.1, 0.15) is 62.5 Å². The number of rotatable bonds is 7. The van der Waals surface area contributed by atoms with E-state index in [1.54, 1.807) is 62.4 Å². The van der Waals surface area contributed by atoms with Crippen LogP contribution < -0.4 is 5.32 Å². The Kier molecular flexibility index (Phi) is 14.4. The number of hydrogen-bond acceptors (Lipinski definition) is 12. The molecule has 6 N–H and O–H groups in total. The van der Waals surface area contributed by atoms with Crippen LogP contribution in [0, 0.1) is 105 Å². The molecule has 3 aliphatic carbocycles. The van der Waals surface area contributed by atoms with Gasteiger partial charge in [-0.3, -0.25) is 4.79 Å². The van der Waals surface area contributed by atoms with Crippen LogP contribution in [0.2, 0.25) is 0 Å². The van der Waals surface area contributed by atoms with Gasteiger partial charge in [0.05, 0.1) is 35.8 Å². The Morgan fingerprint density at radius 3 is 2.07 bits per heavy atom. The second-order valence-corrected chi connectivity index (χ2v) is 15.7. The van der Waals surface area contributed by atoms with Crippen molar-refractivity contribution in [3.05, 3.63) is 82.9 Å². The van der Waals surface area contributed by atoms with E-state index in [4.69, 9.17) is 14.2 Å². The average Bonchev–Trinajstić information content (AvgIpc) is 3.12. The molecule has 2 amide bonds. The summed E-state index contributed by atoms with van der Waals surface area (Å²) >= 11 is 0. The van der Waals surface area contributed by atoms with Crippen molar-refractivity contribution in [3.8, 4) is 0 Å². The number of esters is 2. The Balaban J connectivity index is 0.00000336. The zero-order valence-electron chi connectivity index (χ0n) is 31.7. The number of carbonyl (C=O) groups excluding carboxylic acids is 4. The van der Waals surface area contributed by atoms with E-state index in [-0.39, 0.29) is 118 Å².